The third-order valence-electron chi connectivity index (χ3n) is 4.39. The Morgan fingerprint density at radius 3 is 2.84 bits per heavy atom. The zero-order chi connectivity index (χ0) is 13.1. The van der Waals surface area contributed by atoms with Crippen molar-refractivity contribution in [2.45, 2.75) is 45.1 Å². The first-order chi connectivity index (χ1) is 9.38. The van der Waals surface area contributed by atoms with Crippen LogP contribution in [0.25, 0.3) is 0 Å². The van der Waals surface area contributed by atoms with Gasteiger partial charge in [-0.2, -0.15) is 0 Å². The molecular formula is C17H26N2. The molecule has 1 aliphatic heterocycles. The zero-order valence-corrected chi connectivity index (χ0v) is 12.1. The van der Waals surface area contributed by atoms with E-state index in [0.29, 0.717) is 6.04 Å². The van der Waals surface area contributed by atoms with Gasteiger partial charge in [-0.3, -0.25) is 0 Å². The second-order valence-corrected chi connectivity index (χ2v) is 6.10. The highest BCUT2D eigenvalue weighted by molar-refractivity contribution is 5.56. The predicted octanol–water partition coefficient (Wildman–Crippen LogP) is 3.74. The molecule has 0 amide bonds. The van der Waals surface area contributed by atoms with E-state index in [0.717, 1.165) is 12.5 Å². The zero-order valence-electron chi connectivity index (χ0n) is 12.1. The van der Waals surface area contributed by atoms with Crippen LogP contribution in [-0.4, -0.2) is 19.6 Å². The van der Waals surface area contributed by atoms with Gasteiger partial charge >= 0.3 is 0 Å². The lowest BCUT2D eigenvalue weighted by molar-refractivity contribution is 0.495. The number of fused-ring (bicyclic) bond motifs is 1. The molecule has 1 N–H and O–H groups in total. The van der Waals surface area contributed by atoms with Crippen molar-refractivity contribution in [2.75, 3.05) is 24.5 Å². The van der Waals surface area contributed by atoms with Crippen molar-refractivity contribution in [1.29, 1.82) is 0 Å². The number of nitrogens with one attached hydrogen (secondary N) is 1. The molecule has 1 unspecified atom stereocenters. The quantitative estimate of drug-likeness (QED) is 0.865. The maximum Gasteiger partial charge on any atom is 0.0414 e. The first-order valence-corrected chi connectivity index (χ1v) is 7.95. The molecule has 0 saturated heterocycles. The van der Waals surface area contributed by atoms with Crippen molar-refractivity contribution in [2.24, 2.45) is 5.92 Å². The van der Waals surface area contributed by atoms with E-state index in [1.165, 1.54) is 56.4 Å². The van der Waals surface area contributed by atoms with E-state index in [4.69, 9.17) is 0 Å². The van der Waals surface area contributed by atoms with Gasteiger partial charge in [-0.25, -0.2) is 0 Å². The largest absolute Gasteiger partial charge is 0.371 e. The summed E-state index contributed by atoms with van der Waals surface area (Å²) in [6.07, 6.45) is 6.68. The van der Waals surface area contributed by atoms with Crippen LogP contribution in [0.5, 0.6) is 0 Å². The summed E-state index contributed by atoms with van der Waals surface area (Å²) in [5.74, 6) is 0.966. The van der Waals surface area contributed by atoms with E-state index in [9.17, 15) is 0 Å². The molecule has 0 radical (unpaired) electrons. The third kappa shape index (κ3) is 3.11. The van der Waals surface area contributed by atoms with Gasteiger partial charge in [0, 0.05) is 24.8 Å². The van der Waals surface area contributed by atoms with Crippen LogP contribution in [0.1, 0.15) is 50.6 Å². The minimum atomic E-state index is 0.556. The molecule has 104 valence electrons. The Morgan fingerprint density at radius 1 is 1.21 bits per heavy atom. The fraction of sp³-hybridized carbons (Fsp3) is 0.647. The van der Waals surface area contributed by atoms with Crippen LogP contribution in [0.2, 0.25) is 0 Å². The van der Waals surface area contributed by atoms with Crippen LogP contribution in [-0.2, 0) is 0 Å². The molecule has 0 spiro atoms. The summed E-state index contributed by atoms with van der Waals surface area (Å²) in [6.45, 7) is 5.88. The number of anilines is 1. The highest BCUT2D eigenvalue weighted by Gasteiger charge is 2.28. The second-order valence-electron chi connectivity index (χ2n) is 6.10. The van der Waals surface area contributed by atoms with E-state index in [2.05, 4.69) is 41.4 Å². The average molecular weight is 258 g/mol. The predicted molar refractivity (Wildman–Crippen MR) is 81.6 cm³/mol. The third-order valence-corrected chi connectivity index (χ3v) is 4.39. The molecule has 2 nitrogen and oxygen atoms in total. The summed E-state index contributed by atoms with van der Waals surface area (Å²) >= 11 is 0. The minimum Gasteiger partial charge on any atom is -0.371 e. The van der Waals surface area contributed by atoms with Gasteiger partial charge in [0.2, 0.25) is 0 Å². The lowest BCUT2D eigenvalue weighted by atomic mass is 10.0. The first-order valence-electron chi connectivity index (χ1n) is 7.95. The minimum absolute atomic E-state index is 0.556. The Hall–Kier alpha value is -1.02. The van der Waals surface area contributed by atoms with Gasteiger partial charge in [0.05, 0.1) is 0 Å². The number of benzene rings is 1. The molecule has 1 heterocycles. The van der Waals surface area contributed by atoms with Crippen molar-refractivity contribution in [3.05, 3.63) is 29.8 Å². The summed E-state index contributed by atoms with van der Waals surface area (Å²) in [4.78, 5) is 2.64. The van der Waals surface area contributed by atoms with E-state index in [-0.39, 0.29) is 0 Å². The molecule has 19 heavy (non-hydrogen) atoms. The van der Waals surface area contributed by atoms with Crippen LogP contribution in [0.4, 0.5) is 5.69 Å². The number of hydrogen-bond acceptors (Lipinski definition) is 2. The topological polar surface area (TPSA) is 15.3 Å². The summed E-state index contributed by atoms with van der Waals surface area (Å²) in [6, 6.07) is 9.60. The molecule has 1 aromatic rings. The van der Waals surface area contributed by atoms with Gasteiger partial charge in [0.25, 0.3) is 0 Å². The lowest BCUT2D eigenvalue weighted by Gasteiger charge is -2.26. The number of rotatable bonds is 5. The fourth-order valence-corrected chi connectivity index (χ4v) is 3.16. The highest BCUT2D eigenvalue weighted by atomic mass is 15.1. The Morgan fingerprint density at radius 2 is 2.05 bits per heavy atom. The molecule has 1 aromatic carbocycles. The molecule has 1 atom stereocenters. The van der Waals surface area contributed by atoms with Crippen LogP contribution >= 0.6 is 0 Å². The van der Waals surface area contributed by atoms with Gasteiger partial charge in [-0.1, -0.05) is 25.1 Å². The summed E-state index contributed by atoms with van der Waals surface area (Å²) in [7, 11) is 0. The Balaban J connectivity index is 1.81. The number of para-hydroxylation sites is 1. The van der Waals surface area contributed by atoms with Crippen LogP contribution in [0, 0.1) is 5.92 Å². The maximum atomic E-state index is 3.73. The van der Waals surface area contributed by atoms with E-state index >= 15 is 0 Å². The molecule has 2 aliphatic rings. The van der Waals surface area contributed by atoms with Crippen LogP contribution < -0.4 is 10.2 Å². The van der Waals surface area contributed by atoms with E-state index < -0.39 is 0 Å². The van der Waals surface area contributed by atoms with E-state index in [1.54, 1.807) is 0 Å². The maximum absolute atomic E-state index is 3.73. The van der Waals surface area contributed by atoms with Crippen molar-refractivity contribution < 1.29 is 0 Å². The molecule has 1 aliphatic carbocycles. The van der Waals surface area contributed by atoms with Crippen molar-refractivity contribution >= 4 is 5.69 Å². The van der Waals surface area contributed by atoms with E-state index in [1.807, 2.05) is 0 Å². The molecule has 0 aromatic heterocycles. The molecule has 1 fully saturated rings. The van der Waals surface area contributed by atoms with Crippen LogP contribution in [0.15, 0.2) is 24.3 Å². The van der Waals surface area contributed by atoms with Crippen molar-refractivity contribution in [1.82, 2.24) is 5.32 Å². The molecule has 2 heteroatoms. The monoisotopic (exact) mass is 258 g/mol. The smallest absolute Gasteiger partial charge is 0.0414 e. The molecule has 0 bridgehead atoms. The van der Waals surface area contributed by atoms with Gasteiger partial charge in [-0.05, 0) is 56.2 Å². The first kappa shape index (κ1) is 13.0. The molecule has 3 rings (SSSR count). The van der Waals surface area contributed by atoms with Crippen molar-refractivity contribution in [3.63, 3.8) is 0 Å². The Bertz CT molecular complexity index is 411. The summed E-state index contributed by atoms with van der Waals surface area (Å²) in [5.41, 5.74) is 3.01. The Labute approximate surface area is 117 Å². The van der Waals surface area contributed by atoms with Gasteiger partial charge < -0.3 is 10.2 Å². The molecular weight excluding hydrogens is 232 g/mol. The average Bonchev–Trinajstić information content (AvgIpc) is 3.26. The SMILES string of the molecule is CCCNC1CCCN(CC2CC2)c2ccccc21. The van der Waals surface area contributed by atoms with Crippen LogP contribution in [0.3, 0.4) is 0 Å². The van der Waals surface area contributed by atoms with Gasteiger partial charge in [0.15, 0.2) is 0 Å². The highest BCUT2D eigenvalue weighted by Crippen LogP contribution is 2.36. The Kier molecular flexibility index (Phi) is 4.07. The molecule has 1 saturated carbocycles. The number of nitrogens with zero attached hydrogens (tertiary/aromatic N) is 1. The summed E-state index contributed by atoms with van der Waals surface area (Å²) in [5, 5.41) is 3.73. The fourth-order valence-electron chi connectivity index (χ4n) is 3.16. The van der Waals surface area contributed by atoms with Gasteiger partial charge in [-0.15, -0.1) is 0 Å². The lowest BCUT2D eigenvalue weighted by Crippen LogP contribution is -2.26. The summed E-state index contributed by atoms with van der Waals surface area (Å²) < 4.78 is 0. The van der Waals surface area contributed by atoms with Crippen molar-refractivity contribution in [3.8, 4) is 0 Å². The second kappa shape index (κ2) is 5.96. The standard InChI is InChI=1S/C17H26N2/c1-2-11-18-16-7-5-12-19(13-14-9-10-14)17-8-4-3-6-15(16)17/h3-4,6,8,14,16,18H,2,5,7,9-13H2,1H3. The van der Waals surface area contributed by atoms with Gasteiger partial charge in [0.1, 0.15) is 0 Å². The number of hydrogen-bond donors (Lipinski definition) is 1. The normalized spacial score (nSPS) is 23.0.